The Morgan fingerprint density at radius 1 is 1.47 bits per heavy atom. The second kappa shape index (κ2) is 6.10. The van der Waals surface area contributed by atoms with E-state index in [-0.39, 0.29) is 12.4 Å². The van der Waals surface area contributed by atoms with Crippen LogP contribution in [0.4, 0.5) is 15.2 Å². The summed E-state index contributed by atoms with van der Waals surface area (Å²) in [6.45, 7) is 0.275. The SMILES string of the molecule is COCc1nc(N(C)c2cccc(F)c2)sc1CO. The standard InChI is InChI=1S/C13H15FN2O2S/c1-16(10-5-3-4-9(14)6-10)13-15-11(8-18-2)12(7-17)19-13/h3-6,17H,7-8H2,1-2H3. The van der Waals surface area contributed by atoms with Crippen LogP contribution in [0.2, 0.25) is 0 Å². The minimum atomic E-state index is -0.291. The highest BCUT2D eigenvalue weighted by Gasteiger charge is 2.14. The van der Waals surface area contributed by atoms with Gasteiger partial charge in [-0.1, -0.05) is 17.4 Å². The summed E-state index contributed by atoms with van der Waals surface area (Å²) in [6.07, 6.45) is 0. The summed E-state index contributed by atoms with van der Waals surface area (Å²) in [5, 5.41) is 9.99. The molecule has 2 aromatic rings. The van der Waals surface area contributed by atoms with E-state index < -0.39 is 0 Å². The quantitative estimate of drug-likeness (QED) is 0.916. The van der Waals surface area contributed by atoms with E-state index in [4.69, 9.17) is 4.74 Å². The lowest BCUT2D eigenvalue weighted by Gasteiger charge is -2.15. The van der Waals surface area contributed by atoms with Crippen molar-refractivity contribution in [1.29, 1.82) is 0 Å². The molecule has 1 N–H and O–H groups in total. The molecular formula is C13H15FN2O2S. The number of hydrogen-bond acceptors (Lipinski definition) is 5. The molecule has 0 spiro atoms. The fraction of sp³-hybridized carbons (Fsp3) is 0.308. The summed E-state index contributed by atoms with van der Waals surface area (Å²) >= 11 is 1.37. The van der Waals surface area contributed by atoms with Gasteiger partial charge >= 0.3 is 0 Å². The van der Waals surface area contributed by atoms with Gasteiger partial charge in [-0.15, -0.1) is 0 Å². The monoisotopic (exact) mass is 282 g/mol. The van der Waals surface area contributed by atoms with Crippen LogP contribution < -0.4 is 4.90 Å². The molecular weight excluding hydrogens is 267 g/mol. The Hall–Kier alpha value is -1.50. The van der Waals surface area contributed by atoms with Crippen LogP contribution in [0.1, 0.15) is 10.6 Å². The maximum absolute atomic E-state index is 13.2. The third-order valence-corrected chi connectivity index (χ3v) is 3.83. The Bertz CT molecular complexity index is 559. The van der Waals surface area contributed by atoms with Gasteiger partial charge < -0.3 is 14.7 Å². The average molecular weight is 282 g/mol. The summed E-state index contributed by atoms with van der Waals surface area (Å²) in [5.74, 6) is -0.291. The number of benzene rings is 1. The first-order valence-electron chi connectivity index (χ1n) is 5.73. The fourth-order valence-corrected chi connectivity index (χ4v) is 2.59. The predicted octanol–water partition coefficient (Wildman–Crippen LogP) is 2.69. The lowest BCUT2D eigenvalue weighted by molar-refractivity contribution is 0.179. The minimum Gasteiger partial charge on any atom is -0.391 e. The lowest BCUT2D eigenvalue weighted by Crippen LogP contribution is -2.09. The first-order chi connectivity index (χ1) is 9.15. The first-order valence-corrected chi connectivity index (χ1v) is 6.55. The first kappa shape index (κ1) is 13.9. The largest absolute Gasteiger partial charge is 0.391 e. The van der Waals surface area contributed by atoms with E-state index in [1.54, 1.807) is 24.1 Å². The van der Waals surface area contributed by atoms with E-state index in [0.717, 1.165) is 4.88 Å². The van der Waals surface area contributed by atoms with Gasteiger partial charge in [-0.3, -0.25) is 0 Å². The molecule has 0 saturated carbocycles. The Balaban J connectivity index is 2.30. The molecule has 19 heavy (non-hydrogen) atoms. The molecule has 4 nitrogen and oxygen atoms in total. The van der Waals surface area contributed by atoms with Crippen LogP contribution in [-0.4, -0.2) is 24.2 Å². The number of aromatic nitrogens is 1. The molecule has 0 aliphatic heterocycles. The molecule has 0 amide bonds. The number of aliphatic hydroxyl groups excluding tert-OH is 1. The Morgan fingerprint density at radius 2 is 2.26 bits per heavy atom. The Morgan fingerprint density at radius 3 is 2.89 bits per heavy atom. The molecule has 102 valence electrons. The zero-order chi connectivity index (χ0) is 13.8. The molecule has 0 aliphatic carbocycles. The van der Waals surface area contributed by atoms with E-state index in [0.29, 0.717) is 23.1 Å². The third kappa shape index (κ3) is 3.09. The second-order valence-corrected chi connectivity index (χ2v) is 5.06. The van der Waals surface area contributed by atoms with E-state index in [2.05, 4.69) is 4.98 Å². The van der Waals surface area contributed by atoms with Crippen LogP contribution in [0.15, 0.2) is 24.3 Å². The predicted molar refractivity (Wildman–Crippen MR) is 73.2 cm³/mol. The lowest BCUT2D eigenvalue weighted by atomic mass is 10.3. The number of anilines is 2. The number of rotatable bonds is 5. The maximum Gasteiger partial charge on any atom is 0.190 e. The van der Waals surface area contributed by atoms with Crippen LogP contribution in [0.25, 0.3) is 0 Å². The number of hydrogen-bond donors (Lipinski definition) is 1. The van der Waals surface area contributed by atoms with Gasteiger partial charge in [0.1, 0.15) is 5.82 Å². The van der Waals surface area contributed by atoms with Crippen LogP contribution in [-0.2, 0) is 18.0 Å². The van der Waals surface area contributed by atoms with Gasteiger partial charge in [0.15, 0.2) is 5.13 Å². The normalized spacial score (nSPS) is 10.7. The zero-order valence-electron chi connectivity index (χ0n) is 10.8. The van der Waals surface area contributed by atoms with Crippen LogP contribution in [0.3, 0.4) is 0 Å². The van der Waals surface area contributed by atoms with E-state index in [1.165, 1.54) is 23.5 Å². The molecule has 0 saturated heterocycles. The molecule has 2 rings (SSSR count). The van der Waals surface area contributed by atoms with Crippen LogP contribution in [0.5, 0.6) is 0 Å². The molecule has 0 fully saturated rings. The van der Waals surface area contributed by atoms with Gasteiger partial charge in [-0.2, -0.15) is 0 Å². The molecule has 6 heteroatoms. The highest BCUT2D eigenvalue weighted by Crippen LogP contribution is 2.31. The molecule has 0 atom stereocenters. The zero-order valence-corrected chi connectivity index (χ0v) is 11.6. The van der Waals surface area contributed by atoms with Crippen LogP contribution >= 0.6 is 11.3 Å². The Labute approximate surface area is 115 Å². The number of halogens is 1. The number of nitrogens with zero attached hydrogens (tertiary/aromatic N) is 2. The van der Waals surface area contributed by atoms with Gasteiger partial charge in [-0.05, 0) is 18.2 Å². The van der Waals surface area contributed by atoms with E-state index >= 15 is 0 Å². The van der Waals surface area contributed by atoms with Crippen molar-refractivity contribution >= 4 is 22.2 Å². The summed E-state index contributed by atoms with van der Waals surface area (Å²) in [7, 11) is 3.39. The van der Waals surface area contributed by atoms with Gasteiger partial charge in [0.25, 0.3) is 0 Å². The number of aliphatic hydroxyl groups is 1. The summed E-state index contributed by atoms with van der Waals surface area (Å²) in [5.41, 5.74) is 1.43. The highest BCUT2D eigenvalue weighted by molar-refractivity contribution is 7.15. The molecule has 1 aromatic heterocycles. The molecule has 1 heterocycles. The fourth-order valence-electron chi connectivity index (χ4n) is 1.68. The van der Waals surface area contributed by atoms with Crippen molar-refractivity contribution in [2.24, 2.45) is 0 Å². The van der Waals surface area contributed by atoms with Crippen LogP contribution in [0, 0.1) is 5.82 Å². The highest BCUT2D eigenvalue weighted by atomic mass is 32.1. The van der Waals surface area contributed by atoms with Crippen molar-refractivity contribution in [3.8, 4) is 0 Å². The average Bonchev–Trinajstić information content (AvgIpc) is 2.81. The van der Waals surface area contributed by atoms with Crippen molar-refractivity contribution in [3.63, 3.8) is 0 Å². The maximum atomic E-state index is 13.2. The second-order valence-electron chi connectivity index (χ2n) is 4.00. The van der Waals surface area contributed by atoms with Crippen molar-refractivity contribution in [2.75, 3.05) is 19.1 Å². The van der Waals surface area contributed by atoms with Gasteiger partial charge in [0.2, 0.25) is 0 Å². The van der Waals surface area contributed by atoms with E-state index in [9.17, 15) is 9.50 Å². The molecule has 0 bridgehead atoms. The molecule has 0 aliphatic rings. The molecule has 1 aromatic carbocycles. The topological polar surface area (TPSA) is 45.6 Å². The van der Waals surface area contributed by atoms with Crippen molar-refractivity contribution in [3.05, 3.63) is 40.7 Å². The molecule has 0 radical (unpaired) electrons. The molecule has 0 unspecified atom stereocenters. The number of methoxy groups -OCH3 is 1. The van der Waals surface area contributed by atoms with Crippen molar-refractivity contribution in [1.82, 2.24) is 4.98 Å². The van der Waals surface area contributed by atoms with Gasteiger partial charge in [0, 0.05) is 19.8 Å². The smallest absolute Gasteiger partial charge is 0.190 e. The Kier molecular flexibility index (Phi) is 4.47. The number of thiazole rings is 1. The van der Waals surface area contributed by atoms with Gasteiger partial charge in [-0.25, -0.2) is 9.37 Å². The minimum absolute atomic E-state index is 0.0760. The summed E-state index contributed by atoms with van der Waals surface area (Å²) in [6, 6.07) is 6.29. The van der Waals surface area contributed by atoms with Crippen molar-refractivity contribution in [2.45, 2.75) is 13.2 Å². The summed E-state index contributed by atoms with van der Waals surface area (Å²) in [4.78, 5) is 6.96. The van der Waals surface area contributed by atoms with E-state index in [1.807, 2.05) is 7.05 Å². The third-order valence-electron chi connectivity index (χ3n) is 2.67. The van der Waals surface area contributed by atoms with Gasteiger partial charge in [0.05, 0.1) is 23.8 Å². The summed E-state index contributed by atoms with van der Waals surface area (Å²) < 4.78 is 18.3. The number of ether oxygens (including phenoxy) is 1. The van der Waals surface area contributed by atoms with Crippen molar-refractivity contribution < 1.29 is 14.2 Å².